The van der Waals surface area contributed by atoms with E-state index in [4.69, 9.17) is 8.92 Å². The number of nitriles is 1. The Morgan fingerprint density at radius 3 is 2.33 bits per heavy atom. The first kappa shape index (κ1) is 26.7. The van der Waals surface area contributed by atoms with Crippen molar-refractivity contribution in [3.63, 3.8) is 0 Å². The first-order valence-corrected chi connectivity index (χ1v) is 12.8. The number of anilines is 1. The number of esters is 1. The van der Waals surface area contributed by atoms with E-state index in [1.54, 1.807) is 25.1 Å². The fraction of sp³-hybridized carbons (Fsp3) is 0.115. The number of hydrogen-bond acceptors (Lipinski definition) is 7. The van der Waals surface area contributed by atoms with Crippen LogP contribution in [0.15, 0.2) is 81.7 Å². The summed E-state index contributed by atoms with van der Waals surface area (Å²) in [5, 5.41) is 12.2. The van der Waals surface area contributed by atoms with E-state index in [1.807, 2.05) is 13.0 Å². The molecule has 0 saturated heterocycles. The van der Waals surface area contributed by atoms with Crippen molar-refractivity contribution in [3.05, 3.63) is 93.5 Å². The van der Waals surface area contributed by atoms with Gasteiger partial charge < -0.3 is 14.2 Å². The standard InChI is InChI=1S/C26H21BrN2O6S/c1-3-34-26(31)18-6-9-22(10-7-18)29-25(30)20(16-28)14-19-15-21(27)8-13-24(19)35-36(32,33)23-11-4-17(2)5-12-23/h4-15H,3H2,1-2H3,(H,29,30)/b20-14+. The van der Waals surface area contributed by atoms with E-state index in [1.165, 1.54) is 54.6 Å². The SMILES string of the molecule is CCOC(=O)c1ccc(NC(=O)/C(C#N)=C/c2cc(Br)ccc2OS(=O)(=O)c2ccc(C)cc2)cc1. The Labute approximate surface area is 217 Å². The van der Waals surface area contributed by atoms with Gasteiger partial charge in [-0.1, -0.05) is 33.6 Å². The van der Waals surface area contributed by atoms with Crippen molar-refractivity contribution in [2.75, 3.05) is 11.9 Å². The number of benzene rings is 3. The molecular weight excluding hydrogens is 548 g/mol. The Bertz CT molecular complexity index is 1460. The van der Waals surface area contributed by atoms with Crippen molar-refractivity contribution < 1.29 is 26.9 Å². The van der Waals surface area contributed by atoms with Crippen molar-refractivity contribution in [1.29, 1.82) is 5.26 Å². The monoisotopic (exact) mass is 568 g/mol. The number of nitrogens with one attached hydrogen (secondary N) is 1. The molecule has 3 rings (SSSR count). The third-order valence-electron chi connectivity index (χ3n) is 4.80. The van der Waals surface area contributed by atoms with Crippen molar-refractivity contribution in [1.82, 2.24) is 0 Å². The molecule has 0 heterocycles. The van der Waals surface area contributed by atoms with E-state index >= 15 is 0 Å². The average Bonchev–Trinajstić information content (AvgIpc) is 2.84. The molecule has 10 heteroatoms. The second-order valence-electron chi connectivity index (χ2n) is 7.45. The van der Waals surface area contributed by atoms with Gasteiger partial charge in [0.2, 0.25) is 0 Å². The van der Waals surface area contributed by atoms with Crippen LogP contribution < -0.4 is 9.50 Å². The third-order valence-corrected chi connectivity index (χ3v) is 6.54. The topological polar surface area (TPSA) is 123 Å². The number of nitrogens with zero attached hydrogens (tertiary/aromatic N) is 1. The van der Waals surface area contributed by atoms with Crippen LogP contribution in [0.4, 0.5) is 5.69 Å². The van der Waals surface area contributed by atoms with Gasteiger partial charge in [0.05, 0.1) is 12.2 Å². The first-order valence-electron chi connectivity index (χ1n) is 10.6. The fourth-order valence-electron chi connectivity index (χ4n) is 2.99. The number of hydrogen-bond donors (Lipinski definition) is 1. The summed E-state index contributed by atoms with van der Waals surface area (Å²) in [4.78, 5) is 24.5. The zero-order chi connectivity index (χ0) is 26.3. The minimum atomic E-state index is -4.16. The van der Waals surface area contributed by atoms with E-state index in [0.717, 1.165) is 5.56 Å². The molecule has 36 heavy (non-hydrogen) atoms. The van der Waals surface area contributed by atoms with E-state index in [2.05, 4.69) is 21.2 Å². The van der Waals surface area contributed by atoms with E-state index < -0.39 is 22.0 Å². The highest BCUT2D eigenvalue weighted by Gasteiger charge is 2.19. The van der Waals surface area contributed by atoms with Gasteiger partial charge in [-0.3, -0.25) is 4.79 Å². The second kappa shape index (κ2) is 11.7. The van der Waals surface area contributed by atoms with Gasteiger partial charge in [-0.25, -0.2) is 4.79 Å². The number of carbonyl (C=O) groups excluding carboxylic acids is 2. The van der Waals surface area contributed by atoms with Crippen LogP contribution in [-0.2, 0) is 19.6 Å². The van der Waals surface area contributed by atoms with Gasteiger partial charge in [-0.15, -0.1) is 0 Å². The van der Waals surface area contributed by atoms with Crippen LogP contribution in [0.3, 0.4) is 0 Å². The van der Waals surface area contributed by atoms with Gasteiger partial charge in [-0.05, 0) is 74.5 Å². The molecule has 0 atom stereocenters. The van der Waals surface area contributed by atoms with Crippen molar-refractivity contribution in [2.24, 2.45) is 0 Å². The molecule has 0 fully saturated rings. The maximum atomic E-state index is 12.8. The summed E-state index contributed by atoms with van der Waals surface area (Å²) < 4.78 is 36.4. The van der Waals surface area contributed by atoms with Crippen molar-refractivity contribution >= 4 is 49.7 Å². The Morgan fingerprint density at radius 2 is 1.72 bits per heavy atom. The maximum absolute atomic E-state index is 12.8. The summed E-state index contributed by atoms with van der Waals surface area (Å²) in [6.45, 7) is 3.77. The van der Waals surface area contributed by atoms with Crippen LogP contribution >= 0.6 is 15.9 Å². The average molecular weight is 569 g/mol. The number of rotatable bonds is 8. The van der Waals surface area contributed by atoms with Gasteiger partial charge in [0.1, 0.15) is 22.3 Å². The van der Waals surface area contributed by atoms with Crippen LogP contribution in [0.25, 0.3) is 6.08 Å². The second-order valence-corrected chi connectivity index (χ2v) is 9.92. The summed E-state index contributed by atoms with van der Waals surface area (Å²) in [7, 11) is -4.16. The predicted octanol–water partition coefficient (Wildman–Crippen LogP) is 5.25. The summed E-state index contributed by atoms with van der Waals surface area (Å²) in [6.07, 6.45) is 1.23. The Balaban J connectivity index is 1.86. The highest BCUT2D eigenvalue weighted by molar-refractivity contribution is 9.10. The van der Waals surface area contributed by atoms with Crippen LogP contribution in [0, 0.1) is 18.3 Å². The van der Waals surface area contributed by atoms with Gasteiger partial charge >= 0.3 is 16.1 Å². The molecule has 1 N–H and O–H groups in total. The lowest BCUT2D eigenvalue weighted by Crippen LogP contribution is -2.14. The number of amides is 1. The molecule has 3 aromatic carbocycles. The highest BCUT2D eigenvalue weighted by Crippen LogP contribution is 2.29. The van der Waals surface area contributed by atoms with Gasteiger partial charge in [0.15, 0.2) is 0 Å². The molecule has 1 amide bonds. The Hall–Kier alpha value is -3.94. The minimum absolute atomic E-state index is 0.0320. The van der Waals surface area contributed by atoms with Crippen LogP contribution in [0.5, 0.6) is 5.75 Å². The van der Waals surface area contributed by atoms with Gasteiger partial charge in [0, 0.05) is 15.7 Å². The summed E-state index contributed by atoms with van der Waals surface area (Å²) >= 11 is 3.31. The van der Waals surface area contributed by atoms with Crippen LogP contribution in [-0.4, -0.2) is 26.9 Å². The molecule has 0 bridgehead atoms. The minimum Gasteiger partial charge on any atom is -0.462 e. The summed E-state index contributed by atoms with van der Waals surface area (Å²) in [5.74, 6) is -1.28. The molecule has 0 radical (unpaired) electrons. The number of ether oxygens (including phenoxy) is 1. The first-order chi connectivity index (χ1) is 17.1. The smallest absolute Gasteiger partial charge is 0.339 e. The van der Waals surface area contributed by atoms with Crippen LogP contribution in [0.1, 0.15) is 28.4 Å². The molecule has 0 aliphatic carbocycles. The Morgan fingerprint density at radius 1 is 1.06 bits per heavy atom. The molecule has 3 aromatic rings. The maximum Gasteiger partial charge on any atom is 0.339 e. The molecule has 0 unspecified atom stereocenters. The molecule has 8 nitrogen and oxygen atoms in total. The molecule has 0 spiro atoms. The lowest BCUT2D eigenvalue weighted by Gasteiger charge is -2.11. The largest absolute Gasteiger partial charge is 0.462 e. The molecule has 0 saturated carbocycles. The predicted molar refractivity (Wildman–Crippen MR) is 138 cm³/mol. The molecule has 0 aromatic heterocycles. The van der Waals surface area contributed by atoms with E-state index in [-0.39, 0.29) is 28.4 Å². The van der Waals surface area contributed by atoms with E-state index in [0.29, 0.717) is 15.7 Å². The fourth-order valence-corrected chi connectivity index (χ4v) is 4.32. The van der Waals surface area contributed by atoms with Crippen LogP contribution in [0.2, 0.25) is 0 Å². The molecular formula is C26H21BrN2O6S. The quantitative estimate of drug-likeness (QED) is 0.170. The molecule has 0 aliphatic heterocycles. The normalized spacial score (nSPS) is 11.3. The zero-order valence-electron chi connectivity index (χ0n) is 19.3. The van der Waals surface area contributed by atoms with Crippen molar-refractivity contribution in [2.45, 2.75) is 18.7 Å². The lowest BCUT2D eigenvalue weighted by molar-refractivity contribution is -0.112. The Kier molecular flexibility index (Phi) is 8.64. The highest BCUT2D eigenvalue weighted by atomic mass is 79.9. The van der Waals surface area contributed by atoms with Crippen molar-refractivity contribution in [3.8, 4) is 11.8 Å². The molecule has 184 valence electrons. The number of aryl methyl sites for hydroxylation is 1. The number of halogens is 1. The van der Waals surface area contributed by atoms with Gasteiger partial charge in [-0.2, -0.15) is 13.7 Å². The summed E-state index contributed by atoms with van der Waals surface area (Å²) in [6, 6.07) is 18.5. The lowest BCUT2D eigenvalue weighted by atomic mass is 10.1. The summed E-state index contributed by atoms with van der Waals surface area (Å²) in [5.41, 5.74) is 1.46. The van der Waals surface area contributed by atoms with E-state index in [9.17, 15) is 23.3 Å². The van der Waals surface area contributed by atoms with Gasteiger partial charge in [0.25, 0.3) is 5.91 Å². The zero-order valence-corrected chi connectivity index (χ0v) is 21.7. The third kappa shape index (κ3) is 6.81. The molecule has 0 aliphatic rings. The number of carbonyl (C=O) groups is 2.